The second-order valence-electron chi connectivity index (χ2n) is 2.63. The molecule has 84 valence electrons. The van der Waals surface area contributed by atoms with Crippen molar-refractivity contribution in [3.8, 4) is 0 Å². The summed E-state index contributed by atoms with van der Waals surface area (Å²) in [4.78, 5) is 0. The van der Waals surface area contributed by atoms with Gasteiger partial charge in [0.15, 0.2) is 0 Å². The molecule has 0 bridgehead atoms. The van der Waals surface area contributed by atoms with Crippen molar-refractivity contribution in [1.29, 1.82) is 0 Å². The summed E-state index contributed by atoms with van der Waals surface area (Å²) < 4.78 is 16.0. The second kappa shape index (κ2) is 8.44. The van der Waals surface area contributed by atoms with Crippen LogP contribution < -0.4 is 0 Å². The lowest BCUT2D eigenvalue weighted by Crippen LogP contribution is -2.40. The van der Waals surface area contributed by atoms with Crippen LogP contribution in [-0.2, 0) is 13.3 Å². The summed E-state index contributed by atoms with van der Waals surface area (Å²) in [5.74, 6) is 0. The van der Waals surface area contributed by atoms with Gasteiger partial charge in [-0.15, -0.1) is 6.58 Å². The Bertz CT molecular complexity index is 149. The molecule has 0 aliphatic heterocycles. The van der Waals surface area contributed by atoms with Crippen LogP contribution in [0.25, 0.3) is 0 Å². The molecule has 3 nitrogen and oxygen atoms in total. The molecule has 0 spiro atoms. The third kappa shape index (κ3) is 6.56. The highest BCUT2D eigenvalue weighted by molar-refractivity contribution is 7.09. The van der Waals surface area contributed by atoms with Gasteiger partial charge in [0.25, 0.3) is 0 Å². The fourth-order valence-corrected chi connectivity index (χ4v) is 3.11. The van der Waals surface area contributed by atoms with Crippen molar-refractivity contribution in [3.05, 3.63) is 12.7 Å². The molecule has 0 fully saturated rings. The summed E-state index contributed by atoms with van der Waals surface area (Å²) >= 11 is 6.06. The Kier molecular flexibility index (Phi) is 8.51. The van der Waals surface area contributed by atoms with Crippen molar-refractivity contribution >= 4 is 19.2 Å². The minimum atomic E-state index is -2.86. The van der Waals surface area contributed by atoms with E-state index in [0.29, 0.717) is 19.8 Å². The van der Waals surface area contributed by atoms with Crippen molar-refractivity contribution in [3.63, 3.8) is 0 Å². The Labute approximate surface area is 92.1 Å². The summed E-state index contributed by atoms with van der Waals surface area (Å²) in [6.07, 6.45) is 3.66. The van der Waals surface area contributed by atoms with E-state index >= 15 is 0 Å². The third-order valence-corrected chi connectivity index (χ3v) is 4.26. The van der Waals surface area contributed by atoms with E-state index in [1.165, 1.54) is 0 Å². The molecule has 0 aliphatic rings. The zero-order valence-electron chi connectivity index (χ0n) is 8.92. The molecule has 0 rings (SSSR count). The van der Waals surface area contributed by atoms with Crippen LogP contribution in [0.4, 0.5) is 0 Å². The largest absolute Gasteiger partial charge is 0.613 e. The van der Waals surface area contributed by atoms with Gasteiger partial charge in [-0.25, -0.2) is 0 Å². The second-order valence-corrected chi connectivity index (χ2v) is 5.84. The first-order valence-corrected chi connectivity index (χ1v) is 7.63. The summed E-state index contributed by atoms with van der Waals surface area (Å²) in [5.41, 5.74) is 0. The van der Waals surface area contributed by atoms with Gasteiger partial charge in [-0.2, -0.15) is 0 Å². The standard InChI is InChI=1S/C9H19ClO3Si/c1-4-7-8-9-13-14(10,11-5-2)12-6-3/h4H,1,5-9H2,2-3H3. The molecular weight excluding hydrogens is 220 g/mol. The molecule has 0 aromatic carbocycles. The number of allylic oxidation sites excluding steroid dienone is 1. The fraction of sp³-hybridized carbons (Fsp3) is 0.778. The molecule has 0 atom stereocenters. The van der Waals surface area contributed by atoms with Crippen LogP contribution in [0.3, 0.4) is 0 Å². The molecule has 0 heterocycles. The quantitative estimate of drug-likeness (QED) is 0.268. The van der Waals surface area contributed by atoms with E-state index in [1.807, 2.05) is 19.9 Å². The van der Waals surface area contributed by atoms with Crippen molar-refractivity contribution in [2.45, 2.75) is 26.7 Å². The third-order valence-electron chi connectivity index (χ3n) is 1.46. The number of unbranched alkanes of at least 4 members (excludes halogenated alkanes) is 1. The van der Waals surface area contributed by atoms with Crippen LogP contribution >= 0.6 is 11.1 Å². The molecule has 0 saturated carbocycles. The van der Waals surface area contributed by atoms with Gasteiger partial charge < -0.3 is 13.3 Å². The highest BCUT2D eigenvalue weighted by Gasteiger charge is 2.38. The Morgan fingerprint density at radius 3 is 2.21 bits per heavy atom. The normalized spacial score (nSPS) is 11.6. The molecular formula is C9H19ClO3Si. The Balaban J connectivity index is 3.76. The van der Waals surface area contributed by atoms with Crippen LogP contribution in [0.15, 0.2) is 12.7 Å². The van der Waals surface area contributed by atoms with Crippen LogP contribution in [0.5, 0.6) is 0 Å². The summed E-state index contributed by atoms with van der Waals surface area (Å²) in [6.45, 7) is 8.95. The topological polar surface area (TPSA) is 27.7 Å². The van der Waals surface area contributed by atoms with E-state index in [1.54, 1.807) is 0 Å². The zero-order chi connectivity index (χ0) is 10.9. The summed E-state index contributed by atoms with van der Waals surface area (Å²) in [6, 6.07) is 0. The lowest BCUT2D eigenvalue weighted by atomic mass is 10.3. The van der Waals surface area contributed by atoms with E-state index in [4.69, 9.17) is 24.4 Å². The predicted octanol–water partition coefficient (Wildman–Crippen LogP) is 2.72. The molecule has 0 saturated heterocycles. The van der Waals surface area contributed by atoms with Gasteiger partial charge in [0.05, 0.1) is 0 Å². The minimum absolute atomic E-state index is 0.511. The smallest absolute Gasteiger partial charge is 0.362 e. The van der Waals surface area contributed by atoms with E-state index < -0.39 is 8.11 Å². The van der Waals surface area contributed by atoms with Gasteiger partial charge in [-0.05, 0) is 26.7 Å². The highest BCUT2D eigenvalue weighted by atomic mass is 35.6. The van der Waals surface area contributed by atoms with Gasteiger partial charge in [0.1, 0.15) is 0 Å². The van der Waals surface area contributed by atoms with E-state index in [2.05, 4.69) is 6.58 Å². The molecule has 0 unspecified atom stereocenters. The van der Waals surface area contributed by atoms with Crippen LogP contribution in [0.2, 0.25) is 0 Å². The predicted molar refractivity (Wildman–Crippen MR) is 60.2 cm³/mol. The highest BCUT2D eigenvalue weighted by Crippen LogP contribution is 2.15. The lowest BCUT2D eigenvalue weighted by molar-refractivity contribution is 0.0889. The molecule has 0 radical (unpaired) electrons. The van der Waals surface area contributed by atoms with Crippen LogP contribution in [-0.4, -0.2) is 27.9 Å². The minimum Gasteiger partial charge on any atom is -0.362 e. The number of hydrogen-bond donors (Lipinski definition) is 0. The van der Waals surface area contributed by atoms with Gasteiger partial charge in [0.2, 0.25) is 0 Å². The number of halogens is 1. The Morgan fingerprint density at radius 1 is 1.21 bits per heavy atom. The van der Waals surface area contributed by atoms with Gasteiger partial charge >= 0.3 is 8.11 Å². The molecule has 0 N–H and O–H groups in total. The van der Waals surface area contributed by atoms with Crippen molar-refractivity contribution in [2.24, 2.45) is 0 Å². The van der Waals surface area contributed by atoms with Crippen molar-refractivity contribution in [1.82, 2.24) is 0 Å². The summed E-state index contributed by atoms with van der Waals surface area (Å²) in [7, 11) is -2.86. The molecule has 14 heavy (non-hydrogen) atoms. The summed E-state index contributed by atoms with van der Waals surface area (Å²) in [5, 5.41) is 0. The van der Waals surface area contributed by atoms with E-state index in [-0.39, 0.29) is 0 Å². The molecule has 0 aromatic heterocycles. The average Bonchev–Trinajstić information content (AvgIpc) is 2.13. The lowest BCUT2D eigenvalue weighted by Gasteiger charge is -2.21. The fourth-order valence-electron chi connectivity index (χ4n) is 0.892. The molecule has 0 amide bonds. The van der Waals surface area contributed by atoms with E-state index in [9.17, 15) is 0 Å². The monoisotopic (exact) mass is 238 g/mol. The van der Waals surface area contributed by atoms with Crippen LogP contribution in [0.1, 0.15) is 26.7 Å². The maximum absolute atomic E-state index is 6.06. The average molecular weight is 239 g/mol. The molecule has 0 aromatic rings. The first-order chi connectivity index (χ1) is 6.68. The van der Waals surface area contributed by atoms with Crippen molar-refractivity contribution in [2.75, 3.05) is 19.8 Å². The Morgan fingerprint density at radius 2 is 1.79 bits per heavy atom. The van der Waals surface area contributed by atoms with Gasteiger partial charge in [-0.1, -0.05) is 17.2 Å². The first kappa shape index (κ1) is 14.1. The SMILES string of the molecule is C=CCCCO[Si](Cl)(OCC)OCC. The molecule has 0 aliphatic carbocycles. The van der Waals surface area contributed by atoms with Crippen molar-refractivity contribution < 1.29 is 13.3 Å². The van der Waals surface area contributed by atoms with Crippen LogP contribution in [0, 0.1) is 0 Å². The number of rotatable bonds is 9. The first-order valence-electron chi connectivity index (χ1n) is 4.90. The van der Waals surface area contributed by atoms with E-state index in [0.717, 1.165) is 12.8 Å². The maximum atomic E-state index is 6.06. The maximum Gasteiger partial charge on any atom is 0.613 e. The zero-order valence-corrected chi connectivity index (χ0v) is 10.7. The van der Waals surface area contributed by atoms with Gasteiger partial charge in [0, 0.05) is 19.8 Å². The molecule has 5 heteroatoms. The Hall–Kier alpha value is 0.127. The number of hydrogen-bond acceptors (Lipinski definition) is 3. The van der Waals surface area contributed by atoms with Gasteiger partial charge in [-0.3, -0.25) is 0 Å².